The number of ether oxygens (including phenoxy) is 2. The highest BCUT2D eigenvalue weighted by Gasteiger charge is 2.40. The fraction of sp³-hybridized carbons (Fsp3) is 0.538. The summed E-state index contributed by atoms with van der Waals surface area (Å²) in [5.74, 6) is -0.415. The summed E-state index contributed by atoms with van der Waals surface area (Å²) >= 11 is 5.92. The Labute approximate surface area is 130 Å². The molecule has 122 valence electrons. The molecule has 0 bridgehead atoms. The molecule has 5 nitrogen and oxygen atoms in total. The Morgan fingerprint density at radius 3 is 2.64 bits per heavy atom. The van der Waals surface area contributed by atoms with Gasteiger partial charge in [-0.15, -0.1) is 0 Å². The van der Waals surface area contributed by atoms with Gasteiger partial charge in [0, 0.05) is 26.3 Å². The average molecular weight is 339 g/mol. The smallest absolute Gasteiger partial charge is 0.417 e. The zero-order chi connectivity index (χ0) is 16.5. The molecule has 0 unspecified atom stereocenters. The van der Waals surface area contributed by atoms with Crippen LogP contribution in [-0.4, -0.2) is 43.9 Å². The van der Waals surface area contributed by atoms with Gasteiger partial charge in [0.25, 0.3) is 0 Å². The number of halogens is 4. The topological polar surface area (TPSA) is 51.7 Å². The first kappa shape index (κ1) is 16.8. The first-order valence-corrected chi connectivity index (χ1v) is 6.75. The first-order valence-electron chi connectivity index (χ1n) is 6.38. The molecule has 1 fully saturated rings. The van der Waals surface area contributed by atoms with Crippen LogP contribution in [0.1, 0.15) is 12.0 Å². The van der Waals surface area contributed by atoms with Crippen LogP contribution in [-0.2, 0) is 20.4 Å². The Balaban J connectivity index is 2.34. The summed E-state index contributed by atoms with van der Waals surface area (Å²) in [5.41, 5.74) is -0.946. The van der Waals surface area contributed by atoms with Crippen molar-refractivity contribution in [2.45, 2.75) is 24.7 Å². The van der Waals surface area contributed by atoms with Crippen LogP contribution >= 0.6 is 11.6 Å². The van der Waals surface area contributed by atoms with E-state index in [9.17, 15) is 18.0 Å². The Morgan fingerprint density at radius 2 is 2.14 bits per heavy atom. The molecule has 0 amide bonds. The van der Waals surface area contributed by atoms with Crippen LogP contribution in [0.5, 0.6) is 0 Å². The maximum absolute atomic E-state index is 12.6. The molecule has 1 saturated heterocycles. The van der Waals surface area contributed by atoms with Crippen molar-refractivity contribution in [1.82, 2.24) is 4.98 Å². The van der Waals surface area contributed by atoms with Gasteiger partial charge in [-0.2, -0.15) is 13.2 Å². The highest BCUT2D eigenvalue weighted by atomic mass is 35.5. The number of alkyl halides is 3. The van der Waals surface area contributed by atoms with Gasteiger partial charge in [0.1, 0.15) is 11.9 Å². The van der Waals surface area contributed by atoms with Gasteiger partial charge in [0.05, 0.1) is 23.8 Å². The standard InChI is InChI=1S/C13H14ClF3N2O3/c1-21-8-4-10(12(20)22-2)19(6-8)11-9(14)3-7(5-18-11)13(15,16)17/h3,5,8,10H,4,6H2,1-2H3/t8-,10-/m1/s1. The van der Waals surface area contributed by atoms with Gasteiger partial charge < -0.3 is 14.4 Å². The molecule has 2 rings (SSSR count). The molecule has 1 aromatic rings. The molecule has 2 heterocycles. The predicted molar refractivity (Wildman–Crippen MR) is 72.8 cm³/mol. The Morgan fingerprint density at radius 1 is 1.45 bits per heavy atom. The Bertz CT molecular complexity index is 568. The zero-order valence-corrected chi connectivity index (χ0v) is 12.6. The van der Waals surface area contributed by atoms with E-state index < -0.39 is 23.8 Å². The van der Waals surface area contributed by atoms with Gasteiger partial charge in [0.2, 0.25) is 0 Å². The molecule has 0 aromatic carbocycles. The molecule has 9 heteroatoms. The third kappa shape index (κ3) is 3.27. The van der Waals surface area contributed by atoms with Gasteiger partial charge in [-0.25, -0.2) is 9.78 Å². The van der Waals surface area contributed by atoms with E-state index in [1.165, 1.54) is 19.1 Å². The molecular formula is C13H14ClF3N2O3. The molecule has 0 aliphatic carbocycles. The van der Waals surface area contributed by atoms with Crippen molar-refractivity contribution in [3.8, 4) is 0 Å². The third-order valence-electron chi connectivity index (χ3n) is 3.49. The van der Waals surface area contributed by atoms with E-state index in [1.54, 1.807) is 0 Å². The van der Waals surface area contributed by atoms with E-state index in [2.05, 4.69) is 4.98 Å². The molecule has 0 N–H and O–H groups in total. The van der Waals surface area contributed by atoms with Crippen molar-refractivity contribution >= 4 is 23.4 Å². The summed E-state index contributed by atoms with van der Waals surface area (Å²) in [7, 11) is 2.73. The summed E-state index contributed by atoms with van der Waals surface area (Å²) in [6.07, 6.45) is -3.75. The third-order valence-corrected chi connectivity index (χ3v) is 3.77. The molecule has 22 heavy (non-hydrogen) atoms. The van der Waals surface area contributed by atoms with Crippen molar-refractivity contribution < 1.29 is 27.4 Å². The number of carbonyl (C=O) groups excluding carboxylic acids is 1. The Hall–Kier alpha value is -1.54. The first-order chi connectivity index (χ1) is 10.3. The minimum Gasteiger partial charge on any atom is -0.467 e. The molecule has 1 aliphatic heterocycles. The molecule has 2 atom stereocenters. The number of pyridine rings is 1. The summed E-state index contributed by atoms with van der Waals surface area (Å²) in [4.78, 5) is 17.1. The van der Waals surface area contributed by atoms with Gasteiger partial charge in [-0.1, -0.05) is 11.6 Å². The summed E-state index contributed by atoms with van der Waals surface area (Å²) in [6.45, 7) is 0.286. The molecule has 0 saturated carbocycles. The quantitative estimate of drug-likeness (QED) is 0.793. The lowest BCUT2D eigenvalue weighted by atomic mass is 10.2. The second-order valence-electron chi connectivity index (χ2n) is 4.81. The van der Waals surface area contributed by atoms with E-state index in [0.29, 0.717) is 12.6 Å². The second kappa shape index (κ2) is 6.29. The highest BCUT2D eigenvalue weighted by Crippen LogP contribution is 2.36. The Kier molecular flexibility index (Phi) is 4.81. The van der Waals surface area contributed by atoms with Gasteiger partial charge >= 0.3 is 12.1 Å². The van der Waals surface area contributed by atoms with Crippen LogP contribution in [0.2, 0.25) is 5.02 Å². The molecule has 0 spiro atoms. The minimum absolute atomic E-state index is 0.101. The number of carbonyl (C=O) groups is 1. The number of esters is 1. The fourth-order valence-electron chi connectivity index (χ4n) is 2.36. The molecular weight excluding hydrogens is 325 g/mol. The molecule has 0 radical (unpaired) electrons. The van der Waals surface area contributed by atoms with Crippen LogP contribution in [0.25, 0.3) is 0 Å². The molecule has 1 aliphatic rings. The summed E-state index contributed by atoms with van der Waals surface area (Å²) in [6, 6.07) is 0.0925. The van der Waals surface area contributed by atoms with E-state index in [1.807, 2.05) is 0 Å². The lowest BCUT2D eigenvalue weighted by Gasteiger charge is -2.24. The van der Waals surface area contributed by atoms with E-state index in [4.69, 9.17) is 21.1 Å². The normalized spacial score (nSPS) is 22.0. The lowest BCUT2D eigenvalue weighted by Crippen LogP contribution is -2.37. The van der Waals surface area contributed by atoms with Crippen molar-refractivity contribution in [3.63, 3.8) is 0 Å². The minimum atomic E-state index is -4.53. The van der Waals surface area contributed by atoms with Crippen molar-refractivity contribution in [3.05, 3.63) is 22.8 Å². The van der Waals surface area contributed by atoms with Crippen LogP contribution in [0.4, 0.5) is 19.0 Å². The largest absolute Gasteiger partial charge is 0.467 e. The van der Waals surface area contributed by atoms with Crippen LogP contribution in [0, 0.1) is 0 Å². The number of hydrogen-bond acceptors (Lipinski definition) is 5. The van der Waals surface area contributed by atoms with E-state index >= 15 is 0 Å². The summed E-state index contributed by atoms with van der Waals surface area (Å²) < 4.78 is 47.9. The van der Waals surface area contributed by atoms with Gasteiger partial charge in [-0.05, 0) is 6.07 Å². The number of nitrogens with zero attached hydrogens (tertiary/aromatic N) is 2. The second-order valence-corrected chi connectivity index (χ2v) is 5.22. The maximum Gasteiger partial charge on any atom is 0.417 e. The van der Waals surface area contributed by atoms with Crippen LogP contribution < -0.4 is 4.90 Å². The number of aromatic nitrogens is 1. The highest BCUT2D eigenvalue weighted by molar-refractivity contribution is 6.33. The average Bonchev–Trinajstić information content (AvgIpc) is 2.89. The lowest BCUT2D eigenvalue weighted by molar-refractivity contribution is -0.142. The van der Waals surface area contributed by atoms with Crippen molar-refractivity contribution in [2.24, 2.45) is 0 Å². The fourth-order valence-corrected chi connectivity index (χ4v) is 2.63. The zero-order valence-electron chi connectivity index (χ0n) is 11.9. The monoisotopic (exact) mass is 338 g/mol. The maximum atomic E-state index is 12.6. The van der Waals surface area contributed by atoms with Crippen LogP contribution in [0.3, 0.4) is 0 Å². The predicted octanol–water partition coefficient (Wildman–Crippen LogP) is 2.52. The van der Waals surface area contributed by atoms with Crippen molar-refractivity contribution in [2.75, 3.05) is 25.7 Å². The van der Waals surface area contributed by atoms with Crippen molar-refractivity contribution in [1.29, 1.82) is 0 Å². The number of anilines is 1. The molecule has 1 aromatic heterocycles. The summed E-state index contributed by atoms with van der Waals surface area (Å²) in [5, 5.41) is -0.180. The van der Waals surface area contributed by atoms with E-state index in [0.717, 1.165) is 6.07 Å². The van der Waals surface area contributed by atoms with E-state index in [-0.39, 0.29) is 23.5 Å². The number of rotatable bonds is 3. The van der Waals surface area contributed by atoms with Gasteiger partial charge in [-0.3, -0.25) is 0 Å². The number of methoxy groups -OCH3 is 2. The SMILES string of the molecule is COC(=O)[C@H]1C[C@@H](OC)CN1c1ncc(C(F)(F)F)cc1Cl. The van der Waals surface area contributed by atoms with Crippen LogP contribution in [0.15, 0.2) is 12.3 Å². The van der Waals surface area contributed by atoms with Gasteiger partial charge in [0.15, 0.2) is 0 Å². The number of hydrogen-bond donors (Lipinski definition) is 0.